The Labute approximate surface area is 175 Å². The number of hydrogen-bond acceptors (Lipinski definition) is 2. The summed E-state index contributed by atoms with van der Waals surface area (Å²) in [4.78, 5) is 14.7. The van der Waals surface area contributed by atoms with Crippen LogP contribution in [0.3, 0.4) is 0 Å². The summed E-state index contributed by atoms with van der Waals surface area (Å²) in [6.07, 6.45) is 3.83. The molecule has 2 aromatic carbocycles. The molecule has 5 nitrogen and oxygen atoms in total. The largest absolute Gasteiger partial charge is 0.372 e. The molecular formula is C23H23ClN4O. The zero-order valence-corrected chi connectivity index (χ0v) is 17.0. The van der Waals surface area contributed by atoms with E-state index in [1.54, 1.807) is 0 Å². The van der Waals surface area contributed by atoms with Crippen LogP contribution in [-0.2, 0) is 5.54 Å². The van der Waals surface area contributed by atoms with Crippen LogP contribution in [-0.4, -0.2) is 28.6 Å². The minimum absolute atomic E-state index is 0.0724. The Balaban J connectivity index is 1.34. The minimum atomic E-state index is -0.152. The van der Waals surface area contributed by atoms with Gasteiger partial charge in [-0.1, -0.05) is 29.8 Å². The third-order valence-corrected chi connectivity index (χ3v) is 6.60. The molecule has 1 spiro atoms. The molecule has 2 aliphatic heterocycles. The molecule has 0 aliphatic carbocycles. The molecule has 1 fully saturated rings. The van der Waals surface area contributed by atoms with Gasteiger partial charge in [0, 0.05) is 35.7 Å². The number of carbonyl (C=O) groups excluding carboxylic acids is 1. The fourth-order valence-electron chi connectivity index (χ4n) is 4.50. The lowest BCUT2D eigenvalue weighted by atomic mass is 9.82. The second-order valence-electron chi connectivity index (χ2n) is 7.82. The zero-order chi connectivity index (χ0) is 20.0. The van der Waals surface area contributed by atoms with Crippen molar-refractivity contribution >= 4 is 29.0 Å². The van der Waals surface area contributed by atoms with Gasteiger partial charge < -0.3 is 20.1 Å². The van der Waals surface area contributed by atoms with Crippen LogP contribution in [0.4, 0.5) is 16.2 Å². The highest BCUT2D eigenvalue weighted by Gasteiger charge is 2.42. The van der Waals surface area contributed by atoms with Crippen LogP contribution in [0.5, 0.6) is 0 Å². The Hall–Kier alpha value is -2.92. The average molecular weight is 407 g/mol. The van der Waals surface area contributed by atoms with Crippen molar-refractivity contribution in [2.24, 2.45) is 0 Å². The van der Waals surface area contributed by atoms with Crippen molar-refractivity contribution in [1.29, 1.82) is 0 Å². The lowest BCUT2D eigenvalue weighted by molar-refractivity contribution is 0.174. The molecule has 29 heavy (non-hydrogen) atoms. The molecule has 6 heteroatoms. The first-order valence-corrected chi connectivity index (χ1v) is 10.3. The number of piperidine rings is 1. The third kappa shape index (κ3) is 2.97. The van der Waals surface area contributed by atoms with Gasteiger partial charge in [-0.2, -0.15) is 0 Å². The van der Waals surface area contributed by atoms with E-state index in [1.165, 1.54) is 11.4 Å². The minimum Gasteiger partial charge on any atom is -0.372 e. The maximum atomic E-state index is 12.8. The topological polar surface area (TPSA) is 49.3 Å². The van der Waals surface area contributed by atoms with Gasteiger partial charge in [-0.3, -0.25) is 0 Å². The van der Waals surface area contributed by atoms with Crippen molar-refractivity contribution < 1.29 is 4.79 Å². The van der Waals surface area contributed by atoms with Crippen molar-refractivity contribution in [2.75, 3.05) is 23.7 Å². The van der Waals surface area contributed by atoms with Gasteiger partial charge in [-0.25, -0.2) is 4.79 Å². The summed E-state index contributed by atoms with van der Waals surface area (Å²) in [5.74, 6) is 0. The summed E-state index contributed by atoms with van der Waals surface area (Å²) < 4.78 is 2.27. The van der Waals surface area contributed by atoms with Crippen LogP contribution >= 0.6 is 11.6 Å². The highest BCUT2D eigenvalue weighted by atomic mass is 35.5. The van der Waals surface area contributed by atoms with Crippen molar-refractivity contribution in [3.05, 3.63) is 77.1 Å². The predicted molar refractivity (Wildman–Crippen MR) is 117 cm³/mol. The van der Waals surface area contributed by atoms with Gasteiger partial charge >= 0.3 is 6.03 Å². The van der Waals surface area contributed by atoms with E-state index in [1.807, 2.05) is 30.0 Å². The van der Waals surface area contributed by atoms with Crippen LogP contribution in [0.2, 0.25) is 5.02 Å². The van der Waals surface area contributed by atoms with Crippen molar-refractivity contribution in [3.8, 4) is 5.69 Å². The molecule has 1 saturated heterocycles. The number of likely N-dealkylation sites (tertiary alicyclic amines) is 1. The SMILES string of the molecule is Cc1c(Cl)cccc1NC(=O)N1CCC2(CC1)Nc1ccccc1-n1cccc12. The zero-order valence-electron chi connectivity index (χ0n) is 16.3. The lowest BCUT2D eigenvalue weighted by Crippen LogP contribution is -2.51. The fraction of sp³-hybridized carbons (Fsp3) is 0.261. The van der Waals surface area contributed by atoms with Crippen LogP contribution < -0.4 is 10.6 Å². The van der Waals surface area contributed by atoms with Crippen LogP contribution in [0.25, 0.3) is 5.69 Å². The van der Waals surface area contributed by atoms with E-state index >= 15 is 0 Å². The van der Waals surface area contributed by atoms with Crippen LogP contribution in [0.1, 0.15) is 24.1 Å². The number of carbonyl (C=O) groups is 1. The Morgan fingerprint density at radius 2 is 1.86 bits per heavy atom. The number of para-hydroxylation sites is 2. The predicted octanol–water partition coefficient (Wildman–Crippen LogP) is 5.39. The highest BCUT2D eigenvalue weighted by molar-refractivity contribution is 6.31. The summed E-state index contributed by atoms with van der Waals surface area (Å²) in [7, 11) is 0. The van der Waals surface area contributed by atoms with E-state index in [0.29, 0.717) is 18.1 Å². The number of hydrogen-bond donors (Lipinski definition) is 2. The molecule has 2 amide bonds. The molecular weight excluding hydrogens is 384 g/mol. The first kappa shape index (κ1) is 18.1. The van der Waals surface area contributed by atoms with Crippen molar-refractivity contribution in [3.63, 3.8) is 0 Å². The van der Waals surface area contributed by atoms with Gasteiger partial charge in [0.2, 0.25) is 0 Å². The average Bonchev–Trinajstić information content (AvgIpc) is 3.23. The highest BCUT2D eigenvalue weighted by Crippen LogP contribution is 2.43. The second kappa shape index (κ2) is 6.85. The molecule has 148 valence electrons. The summed E-state index contributed by atoms with van der Waals surface area (Å²) in [5.41, 5.74) is 5.08. The quantitative estimate of drug-likeness (QED) is 0.569. The fourth-order valence-corrected chi connectivity index (χ4v) is 4.68. The Bertz CT molecular complexity index is 1080. The molecule has 2 N–H and O–H groups in total. The van der Waals surface area contributed by atoms with Crippen molar-refractivity contribution in [2.45, 2.75) is 25.3 Å². The number of amides is 2. The Morgan fingerprint density at radius 1 is 1.07 bits per heavy atom. The van der Waals surface area contributed by atoms with E-state index in [2.05, 4.69) is 57.8 Å². The third-order valence-electron chi connectivity index (χ3n) is 6.19. The van der Waals surface area contributed by atoms with Crippen molar-refractivity contribution in [1.82, 2.24) is 9.47 Å². The van der Waals surface area contributed by atoms with E-state index in [-0.39, 0.29) is 11.6 Å². The number of aromatic nitrogens is 1. The van der Waals surface area contributed by atoms with E-state index in [4.69, 9.17) is 11.6 Å². The molecule has 3 aromatic rings. The molecule has 2 aliphatic rings. The molecule has 0 saturated carbocycles. The number of halogens is 1. The normalized spacial score (nSPS) is 16.7. The first-order valence-electron chi connectivity index (χ1n) is 9.94. The maximum Gasteiger partial charge on any atom is 0.321 e. The number of rotatable bonds is 1. The number of benzene rings is 2. The number of nitrogens with zero attached hydrogens (tertiary/aromatic N) is 2. The van der Waals surface area contributed by atoms with E-state index in [9.17, 15) is 4.79 Å². The Kier molecular flexibility index (Phi) is 4.28. The smallest absolute Gasteiger partial charge is 0.321 e. The molecule has 3 heterocycles. The Morgan fingerprint density at radius 3 is 2.69 bits per heavy atom. The monoisotopic (exact) mass is 406 g/mol. The van der Waals surface area contributed by atoms with Gasteiger partial charge in [-0.15, -0.1) is 0 Å². The van der Waals surface area contributed by atoms with Gasteiger partial charge in [0.05, 0.1) is 16.9 Å². The second-order valence-corrected chi connectivity index (χ2v) is 8.22. The van der Waals surface area contributed by atoms with Gasteiger partial charge in [-0.05, 0) is 61.7 Å². The van der Waals surface area contributed by atoms with Gasteiger partial charge in [0.15, 0.2) is 0 Å². The van der Waals surface area contributed by atoms with Crippen LogP contribution in [0.15, 0.2) is 60.8 Å². The molecule has 5 rings (SSSR count). The molecule has 0 atom stereocenters. The molecule has 0 radical (unpaired) electrons. The summed E-state index contributed by atoms with van der Waals surface area (Å²) in [5, 5.41) is 7.46. The molecule has 0 bridgehead atoms. The van der Waals surface area contributed by atoms with E-state index < -0.39 is 0 Å². The van der Waals surface area contributed by atoms with Gasteiger partial charge in [0.25, 0.3) is 0 Å². The summed E-state index contributed by atoms with van der Waals surface area (Å²) in [6, 6.07) is 18.2. The maximum absolute atomic E-state index is 12.8. The van der Waals surface area contributed by atoms with Gasteiger partial charge in [0.1, 0.15) is 0 Å². The van der Waals surface area contributed by atoms with E-state index in [0.717, 1.165) is 29.8 Å². The number of fused-ring (bicyclic) bond motifs is 4. The number of nitrogens with one attached hydrogen (secondary N) is 2. The lowest BCUT2D eigenvalue weighted by Gasteiger charge is -2.46. The molecule has 1 aromatic heterocycles. The molecule has 0 unspecified atom stereocenters. The summed E-state index contributed by atoms with van der Waals surface area (Å²) >= 11 is 6.18. The first-order chi connectivity index (χ1) is 14.1. The van der Waals surface area contributed by atoms with Crippen LogP contribution in [0, 0.1) is 6.92 Å². The number of urea groups is 1. The standard InChI is InChI=1S/C23H23ClN4O/c1-16-17(24)6-4-8-18(16)25-22(29)27-14-11-23(12-15-27)21-10-5-13-28(21)20-9-3-2-7-19(20)26-23/h2-10,13,26H,11-12,14-15H2,1H3,(H,25,29). The number of anilines is 2. The summed E-state index contributed by atoms with van der Waals surface area (Å²) in [6.45, 7) is 3.29.